The molecule has 0 aromatic carbocycles. The van der Waals surface area contributed by atoms with E-state index in [9.17, 15) is 4.79 Å². The maximum absolute atomic E-state index is 11.9. The van der Waals surface area contributed by atoms with Gasteiger partial charge >= 0.3 is 0 Å². The number of hydrogen-bond donors (Lipinski definition) is 2. The molecule has 1 atom stereocenters. The standard InChI is InChI=1S/C12H20N4OS.ClH/c13-3-4-15-12(17)10-2-1-6-16(8-10)9-11-14-5-7-18-11;/h5,7,10H,1-4,6,8-9,13H2,(H,15,17);1H. The Morgan fingerprint density at radius 2 is 2.47 bits per heavy atom. The summed E-state index contributed by atoms with van der Waals surface area (Å²) in [5.74, 6) is 0.245. The molecular weight excluding hydrogens is 284 g/mol. The van der Waals surface area contributed by atoms with Gasteiger partial charge in [-0.25, -0.2) is 4.98 Å². The number of aromatic nitrogens is 1. The molecule has 108 valence electrons. The van der Waals surface area contributed by atoms with Crippen LogP contribution < -0.4 is 11.1 Å². The van der Waals surface area contributed by atoms with Crippen LogP contribution in [0.2, 0.25) is 0 Å². The number of nitrogens with one attached hydrogen (secondary N) is 1. The van der Waals surface area contributed by atoms with Crippen LogP contribution in [0.1, 0.15) is 17.8 Å². The van der Waals surface area contributed by atoms with Crippen LogP contribution in [0.4, 0.5) is 0 Å². The zero-order chi connectivity index (χ0) is 12.8. The van der Waals surface area contributed by atoms with Gasteiger partial charge in [0.2, 0.25) is 5.91 Å². The highest BCUT2D eigenvalue weighted by Crippen LogP contribution is 2.19. The van der Waals surface area contributed by atoms with Gasteiger partial charge in [0.15, 0.2) is 0 Å². The smallest absolute Gasteiger partial charge is 0.224 e. The van der Waals surface area contributed by atoms with Gasteiger partial charge in [-0.15, -0.1) is 23.7 Å². The van der Waals surface area contributed by atoms with Gasteiger partial charge in [-0.2, -0.15) is 0 Å². The molecular formula is C12H21ClN4OS. The molecule has 5 nitrogen and oxygen atoms in total. The number of piperidine rings is 1. The average molecular weight is 305 g/mol. The number of likely N-dealkylation sites (tertiary alicyclic amines) is 1. The molecule has 0 bridgehead atoms. The van der Waals surface area contributed by atoms with Gasteiger partial charge < -0.3 is 11.1 Å². The minimum Gasteiger partial charge on any atom is -0.355 e. The third-order valence-electron chi connectivity index (χ3n) is 3.16. The number of nitrogens with two attached hydrogens (primary N) is 1. The molecule has 1 amide bonds. The van der Waals surface area contributed by atoms with E-state index >= 15 is 0 Å². The fourth-order valence-electron chi connectivity index (χ4n) is 2.28. The number of amides is 1. The van der Waals surface area contributed by atoms with Gasteiger partial charge in [0.1, 0.15) is 5.01 Å². The van der Waals surface area contributed by atoms with Crippen molar-refractivity contribution in [3.8, 4) is 0 Å². The van der Waals surface area contributed by atoms with Crippen LogP contribution in [-0.4, -0.2) is 42.0 Å². The summed E-state index contributed by atoms with van der Waals surface area (Å²) in [5.41, 5.74) is 5.39. The Labute approximate surface area is 124 Å². The van der Waals surface area contributed by atoms with E-state index in [4.69, 9.17) is 5.73 Å². The van der Waals surface area contributed by atoms with Crippen molar-refractivity contribution >= 4 is 29.7 Å². The molecule has 1 aliphatic rings. The number of nitrogens with zero attached hydrogens (tertiary/aromatic N) is 2. The van der Waals surface area contributed by atoms with E-state index in [1.54, 1.807) is 11.3 Å². The Morgan fingerprint density at radius 1 is 1.63 bits per heavy atom. The molecule has 2 heterocycles. The molecule has 0 saturated carbocycles. The van der Waals surface area contributed by atoms with Crippen LogP contribution in [0.15, 0.2) is 11.6 Å². The highest BCUT2D eigenvalue weighted by Gasteiger charge is 2.25. The monoisotopic (exact) mass is 304 g/mol. The zero-order valence-electron chi connectivity index (χ0n) is 10.9. The van der Waals surface area contributed by atoms with Crippen molar-refractivity contribution in [2.45, 2.75) is 19.4 Å². The quantitative estimate of drug-likeness (QED) is 0.846. The van der Waals surface area contributed by atoms with Crippen molar-refractivity contribution in [1.29, 1.82) is 0 Å². The summed E-state index contributed by atoms with van der Waals surface area (Å²) in [6.07, 6.45) is 3.88. The maximum atomic E-state index is 11.9. The first-order chi connectivity index (χ1) is 8.79. The van der Waals surface area contributed by atoms with E-state index in [-0.39, 0.29) is 24.2 Å². The Kier molecular flexibility index (Phi) is 7.30. The molecule has 1 aromatic rings. The van der Waals surface area contributed by atoms with Gasteiger partial charge in [-0.3, -0.25) is 9.69 Å². The SMILES string of the molecule is Cl.NCCNC(=O)C1CCCN(Cc2nccs2)C1. The zero-order valence-corrected chi connectivity index (χ0v) is 12.5. The molecule has 0 aliphatic carbocycles. The summed E-state index contributed by atoms with van der Waals surface area (Å²) >= 11 is 1.67. The molecule has 1 saturated heterocycles. The predicted octanol–water partition coefficient (Wildman–Crippen LogP) is 0.852. The van der Waals surface area contributed by atoms with Crippen molar-refractivity contribution in [2.75, 3.05) is 26.2 Å². The molecule has 1 aliphatic heterocycles. The first-order valence-corrected chi connectivity index (χ1v) is 7.26. The third kappa shape index (κ3) is 5.06. The molecule has 3 N–H and O–H groups in total. The Bertz CT molecular complexity index is 374. The van der Waals surface area contributed by atoms with E-state index in [0.29, 0.717) is 13.1 Å². The number of carbonyl (C=O) groups excluding carboxylic acids is 1. The lowest BCUT2D eigenvalue weighted by atomic mass is 9.97. The van der Waals surface area contributed by atoms with Gasteiger partial charge in [0.05, 0.1) is 12.5 Å². The number of carbonyl (C=O) groups is 1. The Morgan fingerprint density at radius 3 is 3.16 bits per heavy atom. The molecule has 19 heavy (non-hydrogen) atoms. The Hall–Kier alpha value is -0.690. The second-order valence-electron chi connectivity index (χ2n) is 4.58. The van der Waals surface area contributed by atoms with Crippen molar-refractivity contribution in [2.24, 2.45) is 11.7 Å². The normalized spacial score (nSPS) is 19.7. The lowest BCUT2D eigenvalue weighted by Crippen LogP contribution is -2.43. The fourth-order valence-corrected chi connectivity index (χ4v) is 2.93. The van der Waals surface area contributed by atoms with E-state index < -0.39 is 0 Å². The number of hydrogen-bond acceptors (Lipinski definition) is 5. The summed E-state index contributed by atoms with van der Waals surface area (Å²) in [5, 5.41) is 5.99. The number of halogens is 1. The average Bonchev–Trinajstić information content (AvgIpc) is 2.89. The summed E-state index contributed by atoms with van der Waals surface area (Å²) in [4.78, 5) is 18.5. The summed E-state index contributed by atoms with van der Waals surface area (Å²) < 4.78 is 0. The minimum absolute atomic E-state index is 0. The van der Waals surface area contributed by atoms with Crippen molar-refractivity contribution in [1.82, 2.24) is 15.2 Å². The van der Waals surface area contributed by atoms with Gasteiger partial charge in [0, 0.05) is 31.2 Å². The van der Waals surface area contributed by atoms with Crippen LogP contribution in [0.5, 0.6) is 0 Å². The van der Waals surface area contributed by atoms with Crippen LogP contribution in [0.25, 0.3) is 0 Å². The van der Waals surface area contributed by atoms with E-state index in [2.05, 4.69) is 15.2 Å². The topological polar surface area (TPSA) is 71.2 Å². The van der Waals surface area contributed by atoms with Gasteiger partial charge in [-0.1, -0.05) is 0 Å². The Balaban J connectivity index is 0.00000180. The lowest BCUT2D eigenvalue weighted by molar-refractivity contribution is -0.126. The van der Waals surface area contributed by atoms with Crippen molar-refractivity contribution in [3.05, 3.63) is 16.6 Å². The van der Waals surface area contributed by atoms with Gasteiger partial charge in [0.25, 0.3) is 0 Å². The number of thiazole rings is 1. The van der Waals surface area contributed by atoms with Crippen molar-refractivity contribution in [3.63, 3.8) is 0 Å². The highest BCUT2D eigenvalue weighted by atomic mass is 35.5. The first kappa shape index (κ1) is 16.4. The molecule has 7 heteroatoms. The van der Waals surface area contributed by atoms with Crippen LogP contribution in [-0.2, 0) is 11.3 Å². The second-order valence-corrected chi connectivity index (χ2v) is 5.56. The van der Waals surface area contributed by atoms with Crippen LogP contribution in [0.3, 0.4) is 0 Å². The molecule has 1 aromatic heterocycles. The molecule has 1 unspecified atom stereocenters. The maximum Gasteiger partial charge on any atom is 0.224 e. The largest absolute Gasteiger partial charge is 0.355 e. The van der Waals surface area contributed by atoms with Crippen molar-refractivity contribution < 1.29 is 4.79 Å². The van der Waals surface area contributed by atoms with E-state index in [0.717, 1.165) is 37.5 Å². The number of rotatable bonds is 5. The lowest BCUT2D eigenvalue weighted by Gasteiger charge is -2.31. The third-order valence-corrected chi connectivity index (χ3v) is 3.93. The molecule has 0 spiro atoms. The molecule has 0 radical (unpaired) electrons. The fraction of sp³-hybridized carbons (Fsp3) is 0.667. The van der Waals surface area contributed by atoms with Crippen LogP contribution >= 0.6 is 23.7 Å². The minimum atomic E-state index is 0. The summed E-state index contributed by atoms with van der Waals surface area (Å²) in [6.45, 7) is 3.82. The van der Waals surface area contributed by atoms with E-state index in [1.807, 2.05) is 11.6 Å². The molecule has 1 fully saturated rings. The predicted molar refractivity (Wildman–Crippen MR) is 79.4 cm³/mol. The van der Waals surface area contributed by atoms with Crippen LogP contribution in [0, 0.1) is 5.92 Å². The van der Waals surface area contributed by atoms with E-state index in [1.165, 1.54) is 0 Å². The first-order valence-electron chi connectivity index (χ1n) is 6.38. The highest BCUT2D eigenvalue weighted by molar-refractivity contribution is 7.09. The summed E-state index contributed by atoms with van der Waals surface area (Å²) in [6, 6.07) is 0. The summed E-state index contributed by atoms with van der Waals surface area (Å²) in [7, 11) is 0. The second kappa shape index (κ2) is 8.47. The molecule has 2 rings (SSSR count). The van der Waals surface area contributed by atoms with Gasteiger partial charge in [-0.05, 0) is 19.4 Å².